The maximum Gasteiger partial charge on any atom is 0.322 e. The lowest BCUT2D eigenvalue weighted by Crippen LogP contribution is -2.57. The van der Waals surface area contributed by atoms with Crippen LogP contribution in [-0.4, -0.2) is 292 Å². The number of β-amino-alcohol motifs (C(OH)–C–C–N with tert-alkyl or cyclic N) is 2. The standard InChI is InChI=1S/C57H91N19O21/c1-5-28(2)47(56(97)76-27-32(78)18-38(76)52(93)64-22-41(81)70-34(12-13-45(85)86)50(91)71-33(9-6-14-61-57(59)60)49(90)67-25-46(87)88)72-42(82)21-62-40(80)20-63-51(92)35-10-7-15-73(35)43(83)23-65-48(89)29(3)69-54(95)36-11-8-16-74(36)44(84)24-66-53(94)37-17-31(77)26-75(37)55(96)30(4)68-39(79)19-58/h28-38,47,77-78H,5-27,58H2,1-4H3,(H,62,80)(H,63,92)(H,64,93)(H,65,89)(H,66,94)(H,67,90)(H,68,79)(H,69,95)(H,70,81)(H,71,91)(H,72,82)(H,85,86)(H,87,88)(H4,59,60,61)/t28-,29-,30-,31+,32+,33-,34-,35-,36-,37-,38-,47-/m0/s1. The summed E-state index contributed by atoms with van der Waals surface area (Å²) in [6, 6.07) is -11.3. The third-order valence-electron chi connectivity index (χ3n) is 16.4. The molecule has 4 heterocycles. The van der Waals surface area contributed by atoms with Crippen LogP contribution in [0.5, 0.6) is 0 Å². The molecule has 4 fully saturated rings. The summed E-state index contributed by atoms with van der Waals surface area (Å²) in [7, 11) is 0. The molecule has 40 nitrogen and oxygen atoms in total. The summed E-state index contributed by atoms with van der Waals surface area (Å²) in [5.41, 5.74) is 16.0. The summed E-state index contributed by atoms with van der Waals surface area (Å²) in [4.78, 5) is 229. The number of rotatable bonds is 36. The van der Waals surface area contributed by atoms with Crippen molar-refractivity contribution >= 4 is 107 Å². The van der Waals surface area contributed by atoms with Crippen molar-refractivity contribution in [3.05, 3.63) is 0 Å². The molecule has 0 unspecified atom stereocenters. The number of nitrogens with one attached hydrogen (secondary N) is 11. The topological polar surface area (TPSA) is 607 Å². The molecule has 0 saturated carbocycles. The number of hydrogen-bond donors (Lipinski definition) is 18. The van der Waals surface area contributed by atoms with Gasteiger partial charge in [-0.25, -0.2) is 0 Å². The van der Waals surface area contributed by atoms with Gasteiger partial charge in [0, 0.05) is 52.0 Å². The molecule has 540 valence electrons. The number of nitrogens with zero attached hydrogens (tertiary/aromatic N) is 5. The Morgan fingerprint density at radius 2 is 0.990 bits per heavy atom. The predicted molar refractivity (Wildman–Crippen MR) is 334 cm³/mol. The minimum atomic E-state index is -1.60. The summed E-state index contributed by atoms with van der Waals surface area (Å²) in [6.07, 6.45) is -2.41. The van der Waals surface area contributed by atoms with Gasteiger partial charge in [-0.15, -0.1) is 0 Å². The Kier molecular flexibility index (Phi) is 31.7. The normalized spacial score (nSPS) is 20.6. The van der Waals surface area contributed by atoms with Gasteiger partial charge in [0.25, 0.3) is 0 Å². The molecular formula is C57H91N19O21. The highest BCUT2D eigenvalue weighted by molar-refractivity contribution is 5.99. The van der Waals surface area contributed by atoms with E-state index in [1.165, 1.54) is 23.6 Å². The zero-order valence-electron chi connectivity index (χ0n) is 54.4. The largest absolute Gasteiger partial charge is 0.481 e. The van der Waals surface area contributed by atoms with E-state index in [4.69, 9.17) is 22.3 Å². The number of hydrogen-bond acceptors (Lipinski definition) is 21. The molecule has 4 saturated heterocycles. The maximum atomic E-state index is 14.1. The summed E-state index contributed by atoms with van der Waals surface area (Å²) < 4.78 is 0. The number of aliphatic imine (C=N–C) groups is 1. The first-order valence-corrected chi connectivity index (χ1v) is 31.7. The Balaban J connectivity index is 1.23. The number of amides is 15. The lowest BCUT2D eigenvalue weighted by molar-refractivity contribution is -0.143. The molecule has 4 aliphatic heterocycles. The zero-order chi connectivity index (χ0) is 72.4. The van der Waals surface area contributed by atoms with Gasteiger partial charge < -0.3 is 116 Å². The average Bonchev–Trinajstić information content (AvgIpc) is 1.73. The fourth-order valence-corrected chi connectivity index (χ4v) is 11.1. The van der Waals surface area contributed by atoms with Crippen molar-refractivity contribution in [1.82, 2.24) is 78.1 Å². The van der Waals surface area contributed by atoms with Crippen LogP contribution in [-0.2, 0) is 81.5 Å². The van der Waals surface area contributed by atoms with E-state index in [0.717, 1.165) is 9.80 Å². The number of carboxylic acid groups (broad SMARTS) is 2. The van der Waals surface area contributed by atoms with Crippen molar-refractivity contribution in [2.45, 2.75) is 165 Å². The number of nitrogens with two attached hydrogens (primary N) is 3. The van der Waals surface area contributed by atoms with E-state index in [1.807, 2.05) is 0 Å². The number of aliphatic hydroxyl groups excluding tert-OH is 2. The first-order chi connectivity index (χ1) is 45.8. The molecule has 0 aromatic carbocycles. The van der Waals surface area contributed by atoms with Gasteiger partial charge in [-0.3, -0.25) is 86.5 Å². The van der Waals surface area contributed by atoms with E-state index < -0.39 is 225 Å². The Morgan fingerprint density at radius 1 is 0.495 bits per heavy atom. The molecule has 97 heavy (non-hydrogen) atoms. The van der Waals surface area contributed by atoms with Gasteiger partial charge in [0.1, 0.15) is 60.9 Å². The third kappa shape index (κ3) is 25.0. The van der Waals surface area contributed by atoms with Crippen molar-refractivity contribution in [2.24, 2.45) is 28.1 Å². The lowest BCUT2D eigenvalue weighted by atomic mass is 9.97. The smallest absolute Gasteiger partial charge is 0.322 e. The zero-order valence-corrected chi connectivity index (χ0v) is 54.4. The number of likely N-dealkylation sites (tertiary alicyclic amines) is 4. The van der Waals surface area contributed by atoms with Gasteiger partial charge in [0.2, 0.25) is 88.6 Å². The van der Waals surface area contributed by atoms with E-state index >= 15 is 0 Å². The van der Waals surface area contributed by atoms with Crippen LogP contribution in [0, 0.1) is 5.92 Å². The molecular weight excluding hydrogens is 1290 g/mol. The molecule has 15 amide bonds. The quantitative estimate of drug-likeness (QED) is 0.0157. The van der Waals surface area contributed by atoms with Crippen LogP contribution in [0.3, 0.4) is 0 Å². The first-order valence-electron chi connectivity index (χ1n) is 31.7. The van der Waals surface area contributed by atoms with Gasteiger partial charge in [0.15, 0.2) is 5.96 Å². The second-order valence-corrected chi connectivity index (χ2v) is 23.8. The molecule has 0 radical (unpaired) electrons. The SMILES string of the molecule is CC[C@H](C)[C@H](NC(=O)CNC(=O)CNC(=O)[C@@H]1CCCN1C(=O)CNC(=O)[C@H](C)NC(=O)[C@@H]1CCCN1C(=O)CNC(=O)[C@@H]1C[C@@H](O)CN1C(=O)[C@H](C)NC(=O)CN)C(=O)N1C[C@H](O)C[C@H]1C(=O)NCC(=O)N[C@@H](CCC(=O)O)C(=O)N[C@@H](CCCN=C(N)N)C(=O)NCC(=O)O. The number of carbonyl (C=O) groups excluding carboxylic acids is 15. The second-order valence-electron chi connectivity index (χ2n) is 23.8. The average molecular weight is 1380 g/mol. The Hall–Kier alpha value is -9.86. The van der Waals surface area contributed by atoms with Crippen molar-refractivity contribution < 1.29 is 102 Å². The first kappa shape index (κ1) is 79.6. The number of aliphatic carboxylic acids is 2. The number of guanidine groups is 1. The van der Waals surface area contributed by atoms with Gasteiger partial charge in [-0.05, 0) is 64.7 Å². The van der Waals surface area contributed by atoms with Crippen LogP contribution in [0.4, 0.5) is 0 Å². The summed E-state index contributed by atoms with van der Waals surface area (Å²) in [5, 5.41) is 65.4. The Labute approximate surface area is 556 Å². The highest BCUT2D eigenvalue weighted by Crippen LogP contribution is 2.24. The molecule has 0 aromatic heterocycles. The fraction of sp³-hybridized carbons (Fsp3) is 0.684. The summed E-state index contributed by atoms with van der Waals surface area (Å²) in [6.45, 7) is 1.17. The highest BCUT2D eigenvalue weighted by Gasteiger charge is 2.45. The number of carboxylic acids is 2. The molecule has 12 atom stereocenters. The lowest BCUT2D eigenvalue weighted by Gasteiger charge is -2.31. The summed E-state index contributed by atoms with van der Waals surface area (Å²) >= 11 is 0. The molecule has 4 rings (SSSR count). The monoisotopic (exact) mass is 1380 g/mol. The van der Waals surface area contributed by atoms with Gasteiger partial charge in [-0.2, -0.15) is 0 Å². The van der Waals surface area contributed by atoms with Crippen LogP contribution in [0.1, 0.15) is 98.3 Å². The van der Waals surface area contributed by atoms with E-state index in [2.05, 4.69) is 63.5 Å². The predicted octanol–water partition coefficient (Wildman–Crippen LogP) is -10.9. The van der Waals surface area contributed by atoms with Crippen molar-refractivity contribution in [3.63, 3.8) is 0 Å². The minimum absolute atomic E-state index is 0.0122. The summed E-state index contributed by atoms with van der Waals surface area (Å²) in [5.74, 6) is -15.6. The molecule has 40 heteroatoms. The fourth-order valence-electron chi connectivity index (χ4n) is 11.1. The molecule has 0 bridgehead atoms. The van der Waals surface area contributed by atoms with Crippen molar-refractivity contribution in [1.29, 1.82) is 0 Å². The van der Waals surface area contributed by atoms with Crippen LogP contribution >= 0.6 is 0 Å². The van der Waals surface area contributed by atoms with Crippen LogP contribution in [0.2, 0.25) is 0 Å². The number of aliphatic hydroxyl groups is 2. The molecule has 0 aliphatic carbocycles. The Morgan fingerprint density at radius 3 is 1.54 bits per heavy atom. The van der Waals surface area contributed by atoms with E-state index in [1.54, 1.807) is 13.8 Å². The molecule has 0 aromatic rings. The van der Waals surface area contributed by atoms with Crippen LogP contribution in [0.25, 0.3) is 0 Å². The van der Waals surface area contributed by atoms with Crippen LogP contribution < -0.4 is 75.7 Å². The van der Waals surface area contributed by atoms with Gasteiger partial charge in [-0.1, -0.05) is 20.3 Å². The molecule has 0 spiro atoms. The highest BCUT2D eigenvalue weighted by atomic mass is 16.4. The second kappa shape index (κ2) is 38.6. The van der Waals surface area contributed by atoms with Gasteiger partial charge in [0.05, 0.1) is 51.5 Å². The van der Waals surface area contributed by atoms with Crippen molar-refractivity contribution in [2.75, 3.05) is 78.5 Å². The van der Waals surface area contributed by atoms with Crippen molar-refractivity contribution in [3.8, 4) is 0 Å². The van der Waals surface area contributed by atoms with E-state index in [-0.39, 0.29) is 83.8 Å². The minimum Gasteiger partial charge on any atom is -0.481 e. The number of carbonyl (C=O) groups is 17. The maximum absolute atomic E-state index is 14.1. The van der Waals surface area contributed by atoms with E-state index in [9.17, 15) is 96.8 Å². The van der Waals surface area contributed by atoms with Crippen LogP contribution in [0.15, 0.2) is 4.99 Å². The molecule has 4 aliphatic rings. The Bertz CT molecular complexity index is 2970. The van der Waals surface area contributed by atoms with E-state index in [0.29, 0.717) is 19.3 Å². The third-order valence-corrected chi connectivity index (χ3v) is 16.4. The van der Waals surface area contributed by atoms with Gasteiger partial charge >= 0.3 is 11.9 Å². The molecule has 21 N–H and O–H groups in total.